The van der Waals surface area contributed by atoms with Crippen LogP contribution in [0.3, 0.4) is 0 Å². The third kappa shape index (κ3) is 28.1. The van der Waals surface area contributed by atoms with E-state index in [4.69, 9.17) is 5.73 Å². The van der Waals surface area contributed by atoms with Gasteiger partial charge in [0.1, 0.15) is 84.5 Å². The molecule has 0 saturated carbocycles. The lowest BCUT2D eigenvalue weighted by atomic mass is 9.95. The van der Waals surface area contributed by atoms with Gasteiger partial charge >= 0.3 is 5.97 Å². The minimum absolute atomic E-state index is 0.0401. The first kappa shape index (κ1) is 97.6. The molecule has 3 heterocycles. The van der Waals surface area contributed by atoms with E-state index in [1.165, 1.54) is 80.5 Å². The number of para-hydroxylation sites is 1. The van der Waals surface area contributed by atoms with Crippen molar-refractivity contribution in [3.63, 3.8) is 0 Å². The van der Waals surface area contributed by atoms with Crippen molar-refractivity contribution >= 4 is 123 Å². The maximum absolute atomic E-state index is 15.4. The standard InChI is InChI=1S/C89H116N16O19S/c1-11-13-28-62-85(120)104(10)72(40-54-25-19-16-20-26-54)88(123)102(8)69(30-14-12-2)87(122)101(7)47-74(109)95-66(44-77(112)113)83(118)100-78(52(5)6)89(124)103(9)71(39-53-23-17-15-18-24-53)84(119)98-67-41-56-33-36-59(107)43-70(56)105(86(67)121)48-75(110)94-65(42-57-45-91-61-29-22-21-27-60(57)61)82(117)97-64(38-55-31-34-58(106)35-32-55)81(116)96-63(37-51(3)4)80(115)99-68(49-125-50-76(111)93-62)79(114)92-46-73(90)108/h15-27,29,31-36,43,45,51-52,62-69,71-72,78,91,106-107H,11-14,28,30,37-42,44,46-50H2,1-10H3,(H2,90,108)(H,92,114)(H,93,111)(H,94,110)(H,95,109)(H,96,116)(H,97,117)(H,98,119)(H,99,115)(H,100,118)(H,112,113)/t62-,63-,64?,65-,66-,67-,68-,69-,71-,72-,78-/m0/s1. The summed E-state index contributed by atoms with van der Waals surface area (Å²) < 4.78 is 0. The molecule has 1 unspecified atom stereocenters. The maximum atomic E-state index is 15.4. The topological polar surface area (TPSA) is 500 Å². The van der Waals surface area contributed by atoms with Gasteiger partial charge in [-0.2, -0.15) is 0 Å². The molecule has 125 heavy (non-hydrogen) atoms. The lowest BCUT2D eigenvalue weighted by Crippen LogP contribution is -2.62. The van der Waals surface area contributed by atoms with Gasteiger partial charge in [0.2, 0.25) is 88.6 Å². The third-order valence-electron chi connectivity index (χ3n) is 21.8. The van der Waals surface area contributed by atoms with Crippen LogP contribution in [0.15, 0.2) is 134 Å². The highest BCUT2D eigenvalue weighted by molar-refractivity contribution is 8.00. The number of nitrogens with zero attached hydrogens (tertiary/aromatic N) is 5. The van der Waals surface area contributed by atoms with Gasteiger partial charge in [0, 0.05) is 89.2 Å². The van der Waals surface area contributed by atoms with Crippen molar-refractivity contribution in [3.8, 4) is 11.5 Å². The molecule has 0 aliphatic carbocycles. The highest BCUT2D eigenvalue weighted by Crippen LogP contribution is 2.32. The Hall–Kier alpha value is -12.9. The highest BCUT2D eigenvalue weighted by Gasteiger charge is 2.43. The number of aromatic amines is 1. The van der Waals surface area contributed by atoms with Crippen molar-refractivity contribution in [2.24, 2.45) is 17.6 Å². The van der Waals surface area contributed by atoms with E-state index in [0.29, 0.717) is 64.4 Å². The Balaban J connectivity index is 1.20. The second-order valence-corrected chi connectivity index (χ2v) is 33.4. The van der Waals surface area contributed by atoms with Crippen LogP contribution in [-0.4, -0.2) is 260 Å². The number of likely N-dealkylation sites (N-methyl/N-ethyl adjacent to an activating group) is 4. The van der Waals surface area contributed by atoms with Gasteiger partial charge in [-0.05, 0) is 83.2 Å². The molecule has 15 N–H and O–H groups in total. The monoisotopic (exact) mass is 1740 g/mol. The van der Waals surface area contributed by atoms with Crippen molar-refractivity contribution in [1.29, 1.82) is 0 Å². The predicted octanol–water partition coefficient (Wildman–Crippen LogP) is 2.16. The van der Waals surface area contributed by atoms with Gasteiger partial charge in [0.15, 0.2) is 0 Å². The summed E-state index contributed by atoms with van der Waals surface area (Å²) >= 11 is 0.845. The van der Waals surface area contributed by atoms with E-state index in [1.54, 1.807) is 119 Å². The number of rotatable bonds is 22. The molecule has 36 heteroatoms. The smallest absolute Gasteiger partial charge is 0.305 e. The first-order valence-corrected chi connectivity index (χ1v) is 43.0. The zero-order chi connectivity index (χ0) is 91.5. The van der Waals surface area contributed by atoms with Crippen LogP contribution in [0, 0.1) is 11.8 Å². The molecule has 5 aromatic carbocycles. The Morgan fingerprint density at radius 2 is 1.06 bits per heavy atom. The van der Waals surface area contributed by atoms with E-state index < -0.39 is 199 Å². The second kappa shape index (κ2) is 46.6. The van der Waals surface area contributed by atoms with E-state index in [0.717, 1.165) is 26.5 Å². The van der Waals surface area contributed by atoms with Crippen LogP contribution in [-0.2, 0) is 109 Å². The Labute approximate surface area is 730 Å². The van der Waals surface area contributed by atoms with Crippen LogP contribution in [0.25, 0.3) is 10.9 Å². The molecular formula is C89H116N16O19S. The Morgan fingerprint density at radius 1 is 0.520 bits per heavy atom. The molecule has 11 atom stereocenters. The number of carbonyl (C=O) groups excluding carboxylic acids is 15. The number of nitrogens with one attached hydrogen (secondary N) is 10. The molecule has 0 radical (unpaired) electrons. The van der Waals surface area contributed by atoms with Crippen LogP contribution >= 0.6 is 11.8 Å². The van der Waals surface area contributed by atoms with Crippen molar-refractivity contribution in [2.45, 2.75) is 191 Å². The number of hydrogen-bond acceptors (Lipinski definition) is 19. The summed E-state index contributed by atoms with van der Waals surface area (Å²) in [4.78, 5) is 242. The Kier molecular flexibility index (Phi) is 36.3. The van der Waals surface area contributed by atoms with Crippen molar-refractivity contribution in [3.05, 3.63) is 161 Å². The summed E-state index contributed by atoms with van der Waals surface area (Å²) in [6.07, 6.45) is 1.40. The van der Waals surface area contributed by atoms with E-state index >= 15 is 38.4 Å². The molecule has 2 aliphatic heterocycles. The van der Waals surface area contributed by atoms with Crippen molar-refractivity contribution < 1.29 is 92.0 Å². The Bertz CT molecular complexity index is 4840. The van der Waals surface area contributed by atoms with E-state index in [1.807, 2.05) is 13.8 Å². The normalized spacial score (nSPS) is 22.5. The molecule has 8 rings (SSSR count). The average Bonchev–Trinajstić information content (AvgIpc) is 0.947. The summed E-state index contributed by atoms with van der Waals surface area (Å²) in [6.45, 7) is 7.99. The lowest BCUT2D eigenvalue weighted by molar-refractivity contribution is -0.151. The number of primary amides is 1. The van der Waals surface area contributed by atoms with Crippen LogP contribution in [0.2, 0.25) is 0 Å². The molecule has 1 saturated heterocycles. The van der Waals surface area contributed by atoms with Gasteiger partial charge in [0.25, 0.3) is 0 Å². The minimum atomic E-state index is -1.89. The summed E-state index contributed by atoms with van der Waals surface area (Å²) in [5.74, 6) is -17.4. The summed E-state index contributed by atoms with van der Waals surface area (Å²) in [6, 6.07) is 17.4. The van der Waals surface area contributed by atoms with Gasteiger partial charge in [-0.3, -0.25) is 76.7 Å². The molecule has 1 aromatic heterocycles. The molecule has 35 nitrogen and oxygen atoms in total. The van der Waals surface area contributed by atoms with Crippen LogP contribution < -0.4 is 58.5 Å². The number of carboxylic acids is 1. The fourth-order valence-electron chi connectivity index (χ4n) is 14.9. The third-order valence-corrected chi connectivity index (χ3v) is 22.9. The molecule has 0 spiro atoms. The number of carbonyl (C=O) groups is 16. The molecule has 6 aromatic rings. The first-order valence-electron chi connectivity index (χ1n) is 41.8. The number of phenolic OH excluding ortho intramolecular Hbond substituents is 2. The quantitative estimate of drug-likeness (QED) is 0.0463. The molecule has 672 valence electrons. The van der Waals surface area contributed by atoms with Crippen LogP contribution in [0.1, 0.15) is 121 Å². The lowest BCUT2D eigenvalue weighted by Gasteiger charge is -2.37. The number of aromatic nitrogens is 1. The number of anilines is 1. The maximum Gasteiger partial charge on any atom is 0.305 e. The number of H-pyrrole nitrogens is 1. The number of hydrogen-bond donors (Lipinski definition) is 14. The van der Waals surface area contributed by atoms with Crippen LogP contribution in [0.4, 0.5) is 5.69 Å². The van der Waals surface area contributed by atoms with E-state index in [2.05, 4.69) is 52.8 Å². The first-order chi connectivity index (χ1) is 59.4. The molecule has 1 fully saturated rings. The van der Waals surface area contributed by atoms with Crippen molar-refractivity contribution in [2.75, 3.05) is 64.2 Å². The molecule has 15 amide bonds. The summed E-state index contributed by atoms with van der Waals surface area (Å²) in [5.41, 5.74) is 8.51. The second-order valence-electron chi connectivity index (χ2n) is 32.4. The number of benzene rings is 5. The van der Waals surface area contributed by atoms with Gasteiger partial charge in [-0.25, -0.2) is 0 Å². The number of unbranched alkanes of at least 4 members (excludes halogenated alkanes) is 2. The van der Waals surface area contributed by atoms with E-state index in [9.17, 15) is 53.7 Å². The number of nitrogens with two attached hydrogens (primary N) is 1. The number of phenols is 2. The average molecular weight is 1750 g/mol. The molecule has 2 aliphatic rings. The molecular weight excluding hydrogens is 1630 g/mol. The molecule has 2 bridgehead atoms. The number of fused-ring (bicyclic) bond motifs is 5. The number of amides is 15. The summed E-state index contributed by atoms with van der Waals surface area (Å²) in [7, 11) is 5.31. The number of aromatic hydroxyl groups is 2. The number of carboxylic acid groups (broad SMARTS) is 1. The highest BCUT2D eigenvalue weighted by atomic mass is 32.2. The number of aliphatic carboxylic acids is 1. The predicted molar refractivity (Wildman–Crippen MR) is 466 cm³/mol. The van der Waals surface area contributed by atoms with Crippen LogP contribution in [0.5, 0.6) is 11.5 Å². The zero-order valence-corrected chi connectivity index (χ0v) is 72.8. The summed E-state index contributed by atoms with van der Waals surface area (Å²) in [5, 5.41) is 56.1. The fourth-order valence-corrected chi connectivity index (χ4v) is 15.8. The van der Waals surface area contributed by atoms with Gasteiger partial charge < -0.3 is 98.4 Å². The van der Waals surface area contributed by atoms with Gasteiger partial charge in [-0.1, -0.05) is 164 Å². The number of thioether (sulfide) groups is 1. The van der Waals surface area contributed by atoms with E-state index in [-0.39, 0.29) is 80.2 Å². The van der Waals surface area contributed by atoms with Gasteiger partial charge in [-0.15, -0.1) is 11.8 Å². The zero-order valence-electron chi connectivity index (χ0n) is 72.0. The van der Waals surface area contributed by atoms with Gasteiger partial charge in [0.05, 0.1) is 31.0 Å². The Morgan fingerprint density at radius 3 is 1.69 bits per heavy atom. The van der Waals surface area contributed by atoms with Crippen molar-refractivity contribution in [1.82, 2.24) is 72.4 Å². The minimum Gasteiger partial charge on any atom is -0.508 e. The largest absolute Gasteiger partial charge is 0.508 e. The fraction of sp³-hybridized carbons (Fsp3) is 0.461. The SMILES string of the molecule is CCCC[C@@H]1NC(=O)CSC[C@@H](C(=O)NCC(N)=O)NC(=O)[C@H](CC(C)C)NC(=O)C(Cc2ccc(O)cc2)NC(=O)[C@H](Cc2c[nH]c3ccccc23)NC(=O)CN2C(=O)[C@H](Cc3ccc(O)cc32)NC(=O)[C@H](Cc2ccccc2)N(C)C(=O)[C@H](C(C)C)NC(=O)[C@H](CC(=O)O)NC(=O)CN(C)C(=O)[C@H](CCCC)N(C)C(=O)[C@H](Cc2ccccc2)N(C)C1=O.